The topological polar surface area (TPSA) is 64.6 Å². The molecule has 2 aromatic rings. The van der Waals surface area contributed by atoms with Gasteiger partial charge in [-0.2, -0.15) is 0 Å². The fourth-order valence-electron chi connectivity index (χ4n) is 2.16. The molecule has 0 aliphatic carbocycles. The summed E-state index contributed by atoms with van der Waals surface area (Å²) < 4.78 is 10.6. The molecular weight excluding hydrogens is 338 g/mol. The first-order valence-electron chi connectivity index (χ1n) is 8.20. The van der Waals surface area contributed by atoms with E-state index in [-0.39, 0.29) is 25.0 Å². The molecule has 0 saturated carbocycles. The average molecular weight is 361 g/mol. The van der Waals surface area contributed by atoms with Crippen LogP contribution >= 0.6 is 11.3 Å². The number of hydrogen-bond acceptors (Lipinski definition) is 5. The fourth-order valence-corrected chi connectivity index (χ4v) is 3.23. The minimum absolute atomic E-state index is 0.124. The van der Waals surface area contributed by atoms with E-state index in [0.717, 1.165) is 10.4 Å². The third-order valence-electron chi connectivity index (χ3n) is 3.43. The van der Waals surface area contributed by atoms with Gasteiger partial charge in [0.15, 0.2) is 6.61 Å². The summed E-state index contributed by atoms with van der Waals surface area (Å²) in [7, 11) is 0. The van der Waals surface area contributed by atoms with Crippen LogP contribution < -0.4 is 10.1 Å². The Bertz CT molecular complexity index is 752. The molecular formula is C19H23NO4S. The molecule has 1 N–H and O–H groups in total. The summed E-state index contributed by atoms with van der Waals surface area (Å²) >= 11 is 1.39. The highest BCUT2D eigenvalue weighted by molar-refractivity contribution is 7.16. The number of ether oxygens (including phenoxy) is 2. The zero-order chi connectivity index (χ0) is 18.4. The van der Waals surface area contributed by atoms with E-state index < -0.39 is 5.97 Å². The van der Waals surface area contributed by atoms with Gasteiger partial charge in [-0.1, -0.05) is 26.0 Å². The molecule has 1 aromatic heterocycles. The summed E-state index contributed by atoms with van der Waals surface area (Å²) in [6.07, 6.45) is 0. The molecule has 0 fully saturated rings. The molecule has 6 heteroatoms. The van der Waals surface area contributed by atoms with Crippen LogP contribution in [0.2, 0.25) is 0 Å². The lowest BCUT2D eigenvalue weighted by Gasteiger charge is -2.08. The van der Waals surface area contributed by atoms with Crippen LogP contribution in [0.5, 0.6) is 5.75 Å². The van der Waals surface area contributed by atoms with Gasteiger partial charge in [0.25, 0.3) is 5.91 Å². The lowest BCUT2D eigenvalue weighted by atomic mass is 10.1. The molecule has 0 aliphatic heterocycles. The van der Waals surface area contributed by atoms with E-state index in [4.69, 9.17) is 9.47 Å². The molecule has 1 heterocycles. The molecule has 0 spiro atoms. The normalized spacial score (nSPS) is 10.6. The predicted octanol–water partition coefficient (Wildman–Crippen LogP) is 4.37. The Labute approximate surface area is 152 Å². The van der Waals surface area contributed by atoms with E-state index in [1.54, 1.807) is 19.1 Å². The van der Waals surface area contributed by atoms with Gasteiger partial charge < -0.3 is 14.8 Å². The van der Waals surface area contributed by atoms with E-state index in [9.17, 15) is 9.59 Å². The van der Waals surface area contributed by atoms with Crippen molar-refractivity contribution in [3.8, 4) is 5.75 Å². The number of rotatable bonds is 7. The van der Waals surface area contributed by atoms with Crippen molar-refractivity contribution in [2.24, 2.45) is 0 Å². The van der Waals surface area contributed by atoms with Crippen LogP contribution in [0.4, 0.5) is 5.00 Å². The maximum Gasteiger partial charge on any atom is 0.341 e. The zero-order valence-electron chi connectivity index (χ0n) is 14.9. The SMILES string of the molecule is CCOC(=O)c1cc(C(C)C)sc1NC(=O)COc1cccc(C)c1. The Morgan fingerprint density at radius 2 is 2.00 bits per heavy atom. The van der Waals surface area contributed by atoms with Gasteiger partial charge in [-0.3, -0.25) is 4.79 Å². The number of benzene rings is 1. The van der Waals surface area contributed by atoms with Crippen molar-refractivity contribution in [1.82, 2.24) is 0 Å². The third-order valence-corrected chi connectivity index (χ3v) is 4.78. The molecule has 2 rings (SSSR count). The van der Waals surface area contributed by atoms with E-state index >= 15 is 0 Å². The van der Waals surface area contributed by atoms with Crippen molar-refractivity contribution in [2.45, 2.75) is 33.6 Å². The minimum atomic E-state index is -0.430. The van der Waals surface area contributed by atoms with E-state index in [2.05, 4.69) is 5.32 Å². The largest absolute Gasteiger partial charge is 0.484 e. The van der Waals surface area contributed by atoms with E-state index in [1.807, 2.05) is 39.0 Å². The Morgan fingerprint density at radius 1 is 1.24 bits per heavy atom. The summed E-state index contributed by atoms with van der Waals surface area (Å²) in [6, 6.07) is 9.27. The lowest BCUT2D eigenvalue weighted by Crippen LogP contribution is -2.21. The van der Waals surface area contributed by atoms with Gasteiger partial charge in [0, 0.05) is 4.88 Å². The monoisotopic (exact) mass is 361 g/mol. The van der Waals surface area contributed by atoms with Gasteiger partial charge in [-0.25, -0.2) is 4.79 Å². The molecule has 0 bridgehead atoms. The number of amides is 1. The van der Waals surface area contributed by atoms with Crippen LogP contribution in [-0.4, -0.2) is 25.1 Å². The predicted molar refractivity (Wildman–Crippen MR) is 99.7 cm³/mol. The second-order valence-electron chi connectivity index (χ2n) is 5.92. The summed E-state index contributed by atoms with van der Waals surface area (Å²) in [4.78, 5) is 25.3. The average Bonchev–Trinajstić information content (AvgIpc) is 2.97. The van der Waals surface area contributed by atoms with Crippen molar-refractivity contribution in [1.29, 1.82) is 0 Å². The Balaban J connectivity index is 2.07. The molecule has 0 aliphatic rings. The Morgan fingerprint density at radius 3 is 2.64 bits per heavy atom. The van der Waals surface area contributed by atoms with E-state index in [0.29, 0.717) is 16.3 Å². The molecule has 25 heavy (non-hydrogen) atoms. The number of carbonyl (C=O) groups is 2. The standard InChI is InChI=1S/C19H23NO4S/c1-5-23-19(22)15-10-16(12(2)3)25-18(15)20-17(21)11-24-14-8-6-7-13(4)9-14/h6-10,12H,5,11H2,1-4H3,(H,20,21). The second kappa shape index (κ2) is 8.67. The van der Waals surface area contributed by atoms with Gasteiger partial charge in [0.1, 0.15) is 10.8 Å². The first-order chi connectivity index (χ1) is 11.9. The van der Waals surface area contributed by atoms with Gasteiger partial charge in [0.2, 0.25) is 0 Å². The molecule has 0 atom stereocenters. The van der Waals surface area contributed by atoms with Crippen LogP contribution in [0.1, 0.15) is 47.5 Å². The van der Waals surface area contributed by atoms with Gasteiger partial charge in [-0.15, -0.1) is 11.3 Å². The maximum atomic E-state index is 12.2. The molecule has 134 valence electrons. The molecule has 0 radical (unpaired) electrons. The smallest absolute Gasteiger partial charge is 0.341 e. The summed E-state index contributed by atoms with van der Waals surface area (Å²) in [5.74, 6) is 0.145. The molecule has 0 saturated heterocycles. The molecule has 0 unspecified atom stereocenters. The minimum Gasteiger partial charge on any atom is -0.484 e. The number of anilines is 1. The van der Waals surface area contributed by atoms with Crippen molar-refractivity contribution in [2.75, 3.05) is 18.5 Å². The van der Waals surface area contributed by atoms with Crippen LogP contribution in [0.15, 0.2) is 30.3 Å². The third kappa shape index (κ3) is 5.32. The highest BCUT2D eigenvalue weighted by Gasteiger charge is 2.20. The molecule has 1 amide bonds. The number of nitrogens with one attached hydrogen (secondary N) is 1. The number of thiophene rings is 1. The highest BCUT2D eigenvalue weighted by Crippen LogP contribution is 2.33. The van der Waals surface area contributed by atoms with Gasteiger partial charge in [0.05, 0.1) is 12.2 Å². The zero-order valence-corrected chi connectivity index (χ0v) is 15.7. The number of esters is 1. The first kappa shape index (κ1) is 19.0. The van der Waals surface area contributed by atoms with Crippen molar-refractivity contribution < 1.29 is 19.1 Å². The summed E-state index contributed by atoms with van der Waals surface area (Å²) in [6.45, 7) is 7.94. The molecule has 1 aromatic carbocycles. The maximum absolute atomic E-state index is 12.2. The Kier molecular flexibility index (Phi) is 6.58. The highest BCUT2D eigenvalue weighted by atomic mass is 32.1. The van der Waals surface area contributed by atoms with Crippen LogP contribution in [-0.2, 0) is 9.53 Å². The quantitative estimate of drug-likeness (QED) is 0.744. The second-order valence-corrected chi connectivity index (χ2v) is 7.00. The van der Waals surface area contributed by atoms with Gasteiger partial charge in [-0.05, 0) is 43.5 Å². The van der Waals surface area contributed by atoms with Crippen LogP contribution in [0.3, 0.4) is 0 Å². The first-order valence-corrected chi connectivity index (χ1v) is 9.02. The van der Waals surface area contributed by atoms with Crippen LogP contribution in [0.25, 0.3) is 0 Å². The number of aryl methyl sites for hydroxylation is 1. The summed E-state index contributed by atoms with van der Waals surface area (Å²) in [5, 5.41) is 3.26. The van der Waals surface area contributed by atoms with E-state index in [1.165, 1.54) is 11.3 Å². The van der Waals surface area contributed by atoms with Crippen molar-refractivity contribution >= 4 is 28.2 Å². The van der Waals surface area contributed by atoms with Crippen LogP contribution in [0, 0.1) is 6.92 Å². The van der Waals surface area contributed by atoms with Crippen molar-refractivity contribution in [3.63, 3.8) is 0 Å². The number of carbonyl (C=O) groups excluding carboxylic acids is 2. The summed E-state index contributed by atoms with van der Waals surface area (Å²) in [5.41, 5.74) is 1.45. The van der Waals surface area contributed by atoms with Gasteiger partial charge >= 0.3 is 5.97 Å². The Hall–Kier alpha value is -2.34. The number of hydrogen-bond donors (Lipinski definition) is 1. The lowest BCUT2D eigenvalue weighted by molar-refractivity contribution is -0.118. The molecule has 5 nitrogen and oxygen atoms in total. The fraction of sp³-hybridized carbons (Fsp3) is 0.368. The van der Waals surface area contributed by atoms with Crippen molar-refractivity contribution in [3.05, 3.63) is 46.3 Å².